The highest BCUT2D eigenvalue weighted by molar-refractivity contribution is 5.97. The Morgan fingerprint density at radius 3 is 2.79 bits per heavy atom. The van der Waals surface area contributed by atoms with Crippen molar-refractivity contribution in [3.63, 3.8) is 0 Å². The van der Waals surface area contributed by atoms with E-state index in [4.69, 9.17) is 4.74 Å². The van der Waals surface area contributed by atoms with Gasteiger partial charge in [0, 0.05) is 5.56 Å². The molecule has 1 N–H and O–H groups in total. The predicted molar refractivity (Wildman–Crippen MR) is 67.2 cm³/mol. The molecule has 6 heteroatoms. The van der Waals surface area contributed by atoms with Crippen LogP contribution in [0.1, 0.15) is 15.9 Å². The molecule has 6 nitrogen and oxygen atoms in total. The zero-order valence-corrected chi connectivity index (χ0v) is 10.6. The van der Waals surface area contributed by atoms with Crippen LogP contribution in [0.5, 0.6) is 0 Å². The molecule has 19 heavy (non-hydrogen) atoms. The van der Waals surface area contributed by atoms with Crippen LogP contribution in [-0.2, 0) is 4.74 Å². The fourth-order valence-corrected chi connectivity index (χ4v) is 2.05. The maximum atomic E-state index is 11.8. The predicted octanol–water partition coefficient (Wildman–Crippen LogP) is 1.03. The molecule has 3 rings (SSSR count). The fraction of sp³-hybridized carbons (Fsp3) is 0.154. The summed E-state index contributed by atoms with van der Waals surface area (Å²) in [4.78, 5) is 13.4. The number of hydrogen-bond acceptors (Lipinski definition) is 3. The van der Waals surface area contributed by atoms with Gasteiger partial charge in [0.25, 0.3) is 0 Å². The summed E-state index contributed by atoms with van der Waals surface area (Å²) in [6, 6.07) is 9.63. The molecular formula is C13H13N4O2+. The van der Waals surface area contributed by atoms with E-state index in [-0.39, 0.29) is 5.97 Å². The third-order valence-electron chi connectivity index (χ3n) is 2.96. The molecule has 96 valence electrons. The number of hydrogen-bond donors (Lipinski definition) is 1. The molecular weight excluding hydrogens is 244 g/mol. The third kappa shape index (κ3) is 1.77. The van der Waals surface area contributed by atoms with Gasteiger partial charge in [-0.3, -0.25) is 0 Å². The van der Waals surface area contributed by atoms with Gasteiger partial charge in [-0.1, -0.05) is 23.4 Å². The topological polar surface area (TPSA) is 63.3 Å². The summed E-state index contributed by atoms with van der Waals surface area (Å²) in [5.41, 5.74) is 2.74. The number of carbonyl (C=O) groups is 1. The lowest BCUT2D eigenvalue weighted by atomic mass is 10.2. The van der Waals surface area contributed by atoms with E-state index >= 15 is 0 Å². The molecule has 0 bridgehead atoms. The van der Waals surface area contributed by atoms with E-state index < -0.39 is 0 Å². The number of fused-ring (bicyclic) bond motifs is 1. The molecule has 0 spiro atoms. The maximum absolute atomic E-state index is 11.8. The van der Waals surface area contributed by atoms with Crippen molar-refractivity contribution >= 4 is 11.6 Å². The van der Waals surface area contributed by atoms with Crippen LogP contribution < -0.4 is 4.80 Å². The van der Waals surface area contributed by atoms with E-state index in [9.17, 15) is 4.79 Å². The first-order valence-corrected chi connectivity index (χ1v) is 5.84. The molecule has 0 unspecified atom stereocenters. The lowest BCUT2D eigenvalue weighted by Crippen LogP contribution is -2.36. The Bertz CT molecular complexity index is 743. The highest BCUT2D eigenvalue weighted by Crippen LogP contribution is 2.15. The second-order valence-corrected chi connectivity index (χ2v) is 4.22. The molecule has 0 atom stereocenters. The number of aromatic amines is 1. The maximum Gasteiger partial charge on any atom is 0.344 e. The molecule has 0 aliphatic carbocycles. The van der Waals surface area contributed by atoms with Gasteiger partial charge in [0.2, 0.25) is 0 Å². The molecule has 0 fully saturated rings. The summed E-state index contributed by atoms with van der Waals surface area (Å²) in [7, 11) is 1.36. The monoisotopic (exact) mass is 257 g/mol. The fourth-order valence-electron chi connectivity index (χ4n) is 2.05. The van der Waals surface area contributed by atoms with Crippen LogP contribution in [0.15, 0.2) is 36.5 Å². The van der Waals surface area contributed by atoms with Crippen LogP contribution >= 0.6 is 0 Å². The largest absolute Gasteiger partial charge is 0.465 e. The minimum absolute atomic E-state index is 0.383. The molecule has 0 saturated heterocycles. The second-order valence-electron chi connectivity index (χ2n) is 4.22. The number of H-pyrrole nitrogens is 1. The summed E-state index contributed by atoms with van der Waals surface area (Å²) in [5, 5.41) is 7.46. The van der Waals surface area contributed by atoms with Crippen molar-refractivity contribution in [2.24, 2.45) is 0 Å². The van der Waals surface area contributed by atoms with Crippen molar-refractivity contribution in [2.75, 3.05) is 7.11 Å². The van der Waals surface area contributed by atoms with E-state index in [1.807, 2.05) is 43.5 Å². The van der Waals surface area contributed by atoms with Crippen molar-refractivity contribution in [1.29, 1.82) is 0 Å². The van der Waals surface area contributed by atoms with Gasteiger partial charge in [0.05, 0.1) is 7.11 Å². The number of aromatic nitrogens is 4. The Balaban J connectivity index is 2.17. The van der Waals surface area contributed by atoms with Gasteiger partial charge in [0.15, 0.2) is 5.69 Å². The van der Waals surface area contributed by atoms with Crippen LogP contribution in [0.2, 0.25) is 0 Å². The van der Waals surface area contributed by atoms with Gasteiger partial charge in [0.1, 0.15) is 11.8 Å². The average molecular weight is 257 g/mol. The number of rotatable bonds is 2. The summed E-state index contributed by atoms with van der Waals surface area (Å²) in [5.74, 6) is -0.383. The first-order valence-electron chi connectivity index (χ1n) is 5.84. The quantitative estimate of drug-likeness (QED) is 0.551. The zero-order chi connectivity index (χ0) is 13.4. The smallest absolute Gasteiger partial charge is 0.344 e. The van der Waals surface area contributed by atoms with Gasteiger partial charge in [-0.2, -0.15) is 0 Å². The molecule has 2 heterocycles. The van der Waals surface area contributed by atoms with E-state index in [2.05, 4.69) is 10.3 Å². The number of nitrogens with one attached hydrogen (secondary N) is 1. The van der Waals surface area contributed by atoms with Crippen molar-refractivity contribution in [3.05, 3.63) is 47.7 Å². The highest BCUT2D eigenvalue weighted by Gasteiger charge is 2.25. The van der Waals surface area contributed by atoms with Crippen molar-refractivity contribution < 1.29 is 14.3 Å². The Labute approximate surface area is 109 Å². The van der Waals surface area contributed by atoms with Crippen LogP contribution in [0, 0.1) is 6.92 Å². The number of aryl methyl sites for hydroxylation is 1. The molecule has 0 radical (unpaired) electrons. The second kappa shape index (κ2) is 4.24. The number of benzene rings is 1. The highest BCUT2D eigenvalue weighted by atomic mass is 16.5. The number of para-hydroxylation sites is 1. The first kappa shape index (κ1) is 11.5. The first-order chi connectivity index (χ1) is 9.20. The normalized spacial score (nSPS) is 10.8. The molecule has 0 saturated carbocycles. The standard InChI is InChI=1S/C13H12N4O2/c1-9-8-16-12(11(9)13(18)19-2)14-17(15-16)10-6-4-3-5-7-10/h3-8H,1-2H3/p+1. The third-order valence-corrected chi connectivity index (χ3v) is 2.96. The number of methoxy groups -OCH3 is 1. The number of esters is 1. The van der Waals surface area contributed by atoms with E-state index in [1.54, 1.807) is 9.31 Å². The summed E-state index contributed by atoms with van der Waals surface area (Å²) >= 11 is 0. The summed E-state index contributed by atoms with van der Waals surface area (Å²) in [6.07, 6.45) is 1.81. The summed E-state index contributed by atoms with van der Waals surface area (Å²) in [6.45, 7) is 1.85. The lowest BCUT2D eigenvalue weighted by Gasteiger charge is -1.94. The lowest BCUT2D eigenvalue weighted by molar-refractivity contribution is -0.716. The van der Waals surface area contributed by atoms with E-state index in [0.717, 1.165) is 11.3 Å². The molecule has 0 aliphatic rings. The molecule has 0 aliphatic heterocycles. The van der Waals surface area contributed by atoms with Crippen LogP contribution in [0.4, 0.5) is 0 Å². The van der Waals surface area contributed by atoms with E-state index in [0.29, 0.717) is 11.2 Å². The Hall–Kier alpha value is -2.63. The van der Waals surface area contributed by atoms with E-state index in [1.165, 1.54) is 7.11 Å². The molecule has 3 aromatic rings. The van der Waals surface area contributed by atoms with Gasteiger partial charge in [-0.15, -0.1) is 4.52 Å². The van der Waals surface area contributed by atoms with Crippen LogP contribution in [0.3, 0.4) is 0 Å². The molecule has 0 amide bonds. The minimum atomic E-state index is -0.383. The van der Waals surface area contributed by atoms with Crippen molar-refractivity contribution in [3.8, 4) is 5.69 Å². The van der Waals surface area contributed by atoms with Gasteiger partial charge in [-0.25, -0.2) is 4.79 Å². The molecule has 1 aromatic carbocycles. The van der Waals surface area contributed by atoms with Crippen LogP contribution in [0.25, 0.3) is 11.3 Å². The number of nitrogens with zero attached hydrogens (tertiary/aromatic N) is 3. The Morgan fingerprint density at radius 2 is 2.11 bits per heavy atom. The van der Waals surface area contributed by atoms with Gasteiger partial charge < -0.3 is 4.74 Å². The number of ether oxygens (including phenoxy) is 1. The van der Waals surface area contributed by atoms with Crippen LogP contribution in [-0.4, -0.2) is 27.9 Å². The number of tetrazole rings is 1. The Kier molecular flexibility index (Phi) is 2.56. The summed E-state index contributed by atoms with van der Waals surface area (Å²) < 4.78 is 6.49. The van der Waals surface area contributed by atoms with Gasteiger partial charge in [-0.05, 0) is 29.0 Å². The minimum Gasteiger partial charge on any atom is -0.465 e. The van der Waals surface area contributed by atoms with Crippen molar-refractivity contribution in [1.82, 2.24) is 14.8 Å². The van der Waals surface area contributed by atoms with Crippen molar-refractivity contribution in [2.45, 2.75) is 6.92 Å². The van der Waals surface area contributed by atoms with Gasteiger partial charge >= 0.3 is 11.6 Å². The molecule has 2 aromatic heterocycles. The Morgan fingerprint density at radius 1 is 1.37 bits per heavy atom. The number of carbonyl (C=O) groups excluding carboxylic acids is 1. The average Bonchev–Trinajstić information content (AvgIpc) is 2.95. The zero-order valence-electron chi connectivity index (χ0n) is 10.6. The SMILES string of the molecule is COC(=O)c1c(C)cn2[nH][n+](-c3ccccc3)nc12.